The SMILES string of the molecule is Cc1cc(Nc2nccc(C(F)(F)F)n2)cc(-c2cnc([C@]3(O)CC[C@@H](NC(=O)[C@@H](C)O)CC3)s2)c1. The van der Waals surface area contributed by atoms with Crippen LogP contribution < -0.4 is 10.6 Å². The topological polar surface area (TPSA) is 120 Å². The maximum absolute atomic E-state index is 13.0. The quantitative estimate of drug-likeness (QED) is 0.382. The van der Waals surface area contributed by atoms with Crippen LogP contribution in [0.2, 0.25) is 0 Å². The first-order valence-corrected chi connectivity index (χ1v) is 12.2. The van der Waals surface area contributed by atoms with Gasteiger partial charge in [-0.25, -0.2) is 15.0 Å². The van der Waals surface area contributed by atoms with Gasteiger partial charge in [-0.3, -0.25) is 4.79 Å². The third kappa shape index (κ3) is 6.00. The Morgan fingerprint density at radius 3 is 2.61 bits per heavy atom. The number of aliphatic hydroxyl groups is 2. The van der Waals surface area contributed by atoms with Crippen LogP contribution in [0.5, 0.6) is 0 Å². The number of aryl methyl sites for hydroxylation is 1. The first-order chi connectivity index (χ1) is 16.9. The lowest BCUT2D eigenvalue weighted by Crippen LogP contribution is -2.45. The van der Waals surface area contributed by atoms with E-state index in [1.165, 1.54) is 18.3 Å². The highest BCUT2D eigenvalue weighted by Crippen LogP contribution is 2.41. The number of halogens is 3. The highest BCUT2D eigenvalue weighted by Gasteiger charge is 2.38. The number of rotatable bonds is 6. The van der Waals surface area contributed by atoms with Gasteiger partial charge < -0.3 is 20.8 Å². The average Bonchev–Trinajstić information content (AvgIpc) is 3.31. The van der Waals surface area contributed by atoms with E-state index < -0.39 is 29.5 Å². The van der Waals surface area contributed by atoms with Gasteiger partial charge >= 0.3 is 6.18 Å². The lowest BCUT2D eigenvalue weighted by molar-refractivity contribution is -0.141. The summed E-state index contributed by atoms with van der Waals surface area (Å²) in [6.45, 7) is 3.27. The maximum Gasteiger partial charge on any atom is 0.433 e. The smallest absolute Gasteiger partial charge is 0.384 e. The van der Waals surface area contributed by atoms with Gasteiger partial charge in [-0.2, -0.15) is 13.2 Å². The van der Waals surface area contributed by atoms with Gasteiger partial charge in [-0.15, -0.1) is 11.3 Å². The van der Waals surface area contributed by atoms with Crippen molar-refractivity contribution in [2.24, 2.45) is 0 Å². The summed E-state index contributed by atoms with van der Waals surface area (Å²) in [6, 6.07) is 6.15. The second-order valence-electron chi connectivity index (χ2n) is 9.00. The molecule has 2 heterocycles. The minimum absolute atomic E-state index is 0.115. The minimum atomic E-state index is -4.57. The van der Waals surface area contributed by atoms with Crippen LogP contribution in [-0.2, 0) is 16.6 Å². The van der Waals surface area contributed by atoms with Crippen LogP contribution in [0, 0.1) is 6.92 Å². The average molecular weight is 522 g/mol. The Kier molecular flexibility index (Phi) is 7.30. The molecular weight excluding hydrogens is 495 g/mol. The van der Waals surface area contributed by atoms with E-state index in [1.54, 1.807) is 18.3 Å². The van der Waals surface area contributed by atoms with E-state index in [-0.39, 0.29) is 12.0 Å². The van der Waals surface area contributed by atoms with E-state index in [2.05, 4.69) is 25.6 Å². The first kappa shape index (κ1) is 26.0. The lowest BCUT2D eigenvalue weighted by Gasteiger charge is -2.35. The Labute approximate surface area is 209 Å². The van der Waals surface area contributed by atoms with Crippen molar-refractivity contribution in [2.45, 2.75) is 63.5 Å². The number of aromatic nitrogens is 3. The summed E-state index contributed by atoms with van der Waals surface area (Å²) in [7, 11) is 0. The molecule has 0 unspecified atom stereocenters. The van der Waals surface area contributed by atoms with E-state index in [0.717, 1.165) is 28.3 Å². The molecule has 0 radical (unpaired) electrons. The van der Waals surface area contributed by atoms with Crippen LogP contribution in [0.25, 0.3) is 10.4 Å². The second kappa shape index (κ2) is 10.1. The van der Waals surface area contributed by atoms with Crippen LogP contribution in [0.1, 0.15) is 48.9 Å². The van der Waals surface area contributed by atoms with Gasteiger partial charge in [0.2, 0.25) is 11.9 Å². The molecule has 8 nitrogen and oxygen atoms in total. The van der Waals surface area contributed by atoms with Crippen molar-refractivity contribution in [2.75, 3.05) is 5.32 Å². The number of nitrogens with one attached hydrogen (secondary N) is 2. The molecule has 1 saturated carbocycles. The zero-order valence-electron chi connectivity index (χ0n) is 19.6. The van der Waals surface area contributed by atoms with E-state index in [0.29, 0.717) is 36.4 Å². The highest BCUT2D eigenvalue weighted by atomic mass is 32.1. The van der Waals surface area contributed by atoms with Crippen LogP contribution in [0.3, 0.4) is 0 Å². The van der Waals surface area contributed by atoms with E-state index in [1.807, 2.05) is 13.0 Å². The first-order valence-electron chi connectivity index (χ1n) is 11.4. The van der Waals surface area contributed by atoms with Crippen molar-refractivity contribution in [1.29, 1.82) is 0 Å². The van der Waals surface area contributed by atoms with Gasteiger partial charge in [0.15, 0.2) is 0 Å². The molecule has 36 heavy (non-hydrogen) atoms. The Morgan fingerprint density at radius 1 is 1.22 bits per heavy atom. The molecule has 1 amide bonds. The van der Waals surface area contributed by atoms with Crippen molar-refractivity contribution < 1.29 is 28.2 Å². The largest absolute Gasteiger partial charge is 0.433 e. The molecule has 0 bridgehead atoms. The lowest BCUT2D eigenvalue weighted by atomic mass is 9.82. The Balaban J connectivity index is 1.49. The van der Waals surface area contributed by atoms with Crippen molar-refractivity contribution >= 4 is 28.9 Å². The number of hydrogen-bond donors (Lipinski definition) is 4. The van der Waals surface area contributed by atoms with Crippen molar-refractivity contribution in [3.05, 3.63) is 52.9 Å². The molecule has 1 aliphatic carbocycles. The molecule has 1 aliphatic rings. The molecule has 1 fully saturated rings. The van der Waals surface area contributed by atoms with Gasteiger partial charge in [0.1, 0.15) is 22.4 Å². The molecule has 3 aromatic rings. The standard InChI is InChI=1S/C24H26F3N5O3S/c1-13-9-15(11-17(10-13)31-22-28-8-5-19(32-22)24(25,26)27)18-12-29-21(36-18)23(35)6-3-16(4-7-23)30-20(34)14(2)33/h5,8-12,14,16,33,35H,3-4,6-7H2,1-2H3,(H,30,34)(H,28,31,32)/t14-,16-,23+/m1/s1. The fourth-order valence-corrected chi connectivity index (χ4v) is 5.15. The number of carbonyl (C=O) groups excluding carboxylic acids is 1. The minimum Gasteiger partial charge on any atom is -0.384 e. The Morgan fingerprint density at radius 2 is 1.94 bits per heavy atom. The van der Waals surface area contributed by atoms with Crippen LogP contribution in [0.15, 0.2) is 36.7 Å². The Hall–Kier alpha value is -3.09. The van der Waals surface area contributed by atoms with Crippen molar-refractivity contribution in [1.82, 2.24) is 20.3 Å². The maximum atomic E-state index is 13.0. The summed E-state index contributed by atoms with van der Waals surface area (Å²) in [4.78, 5) is 24.4. The predicted octanol–water partition coefficient (Wildman–Crippen LogP) is 4.30. The summed E-state index contributed by atoms with van der Waals surface area (Å²) in [5.41, 5.74) is 0.0200. The van der Waals surface area contributed by atoms with Crippen molar-refractivity contribution in [3.8, 4) is 10.4 Å². The molecule has 12 heteroatoms. The van der Waals surface area contributed by atoms with Gasteiger partial charge in [0.25, 0.3) is 0 Å². The van der Waals surface area contributed by atoms with Gasteiger partial charge in [-0.05, 0) is 68.9 Å². The highest BCUT2D eigenvalue weighted by molar-refractivity contribution is 7.15. The third-order valence-corrected chi connectivity index (χ3v) is 7.25. The van der Waals surface area contributed by atoms with Crippen LogP contribution >= 0.6 is 11.3 Å². The van der Waals surface area contributed by atoms with Crippen LogP contribution in [0.4, 0.5) is 24.8 Å². The number of aliphatic hydroxyl groups excluding tert-OH is 1. The molecule has 2 aromatic heterocycles. The molecule has 192 valence electrons. The molecule has 1 aromatic carbocycles. The predicted molar refractivity (Wildman–Crippen MR) is 129 cm³/mol. The van der Waals surface area contributed by atoms with Gasteiger partial charge in [-0.1, -0.05) is 6.07 Å². The normalized spacial score (nSPS) is 21.1. The molecule has 4 rings (SSSR count). The fourth-order valence-electron chi connectivity index (χ4n) is 4.10. The zero-order chi connectivity index (χ0) is 26.1. The number of thiazole rings is 1. The fraction of sp³-hybridized carbons (Fsp3) is 0.417. The summed E-state index contributed by atoms with van der Waals surface area (Å²) >= 11 is 1.34. The number of amides is 1. The Bertz CT molecular complexity index is 1240. The molecular formula is C24H26F3N5O3S. The molecule has 0 saturated heterocycles. The van der Waals surface area contributed by atoms with Crippen LogP contribution in [-0.4, -0.2) is 43.2 Å². The third-order valence-electron chi connectivity index (χ3n) is 6.01. The molecule has 4 N–H and O–H groups in total. The second-order valence-corrected chi connectivity index (χ2v) is 10.0. The molecule has 0 aliphatic heterocycles. The van der Waals surface area contributed by atoms with E-state index >= 15 is 0 Å². The summed E-state index contributed by atoms with van der Waals surface area (Å²) in [5.74, 6) is -0.596. The van der Waals surface area contributed by atoms with Gasteiger partial charge in [0.05, 0.1) is 4.88 Å². The number of anilines is 2. The summed E-state index contributed by atoms with van der Waals surface area (Å²) < 4.78 is 38.9. The molecule has 1 atom stereocenters. The summed E-state index contributed by atoms with van der Waals surface area (Å²) in [5, 5.41) is 26.8. The number of carbonyl (C=O) groups is 1. The number of benzene rings is 1. The number of hydrogen-bond acceptors (Lipinski definition) is 8. The van der Waals surface area contributed by atoms with E-state index in [9.17, 15) is 28.2 Å². The van der Waals surface area contributed by atoms with Crippen molar-refractivity contribution in [3.63, 3.8) is 0 Å². The zero-order valence-corrected chi connectivity index (χ0v) is 20.5. The molecule has 0 spiro atoms. The number of alkyl halides is 3. The summed E-state index contributed by atoms with van der Waals surface area (Å²) in [6.07, 6.45) is -0.997. The van der Waals surface area contributed by atoms with Gasteiger partial charge in [0, 0.05) is 24.1 Å². The van der Waals surface area contributed by atoms with E-state index in [4.69, 9.17) is 0 Å². The number of nitrogens with zero attached hydrogens (tertiary/aromatic N) is 3. The monoisotopic (exact) mass is 521 g/mol.